The van der Waals surface area contributed by atoms with Crippen molar-refractivity contribution in [1.82, 2.24) is 0 Å². The van der Waals surface area contributed by atoms with E-state index >= 15 is 0 Å². The lowest BCUT2D eigenvalue weighted by Gasteiger charge is -2.15. The summed E-state index contributed by atoms with van der Waals surface area (Å²) in [6.07, 6.45) is 1.76. The molecule has 3 atom stereocenters. The highest BCUT2D eigenvalue weighted by molar-refractivity contribution is 5.40. The Labute approximate surface area is 115 Å². The van der Waals surface area contributed by atoms with E-state index in [0.717, 1.165) is 17.9 Å². The molecule has 1 heterocycles. The predicted octanol–water partition coefficient (Wildman–Crippen LogP) is 3.45. The van der Waals surface area contributed by atoms with Crippen molar-refractivity contribution in [3.05, 3.63) is 23.8 Å². The SMILES string of the molecule is CCOc1ccc(OCC)c(CC(C)C2OC2C)c1. The number of epoxide rings is 1. The second kappa shape index (κ2) is 6.29. The minimum Gasteiger partial charge on any atom is -0.494 e. The molecule has 2 rings (SSSR count). The van der Waals surface area contributed by atoms with Gasteiger partial charge in [-0.3, -0.25) is 0 Å². The van der Waals surface area contributed by atoms with Crippen molar-refractivity contribution in [2.24, 2.45) is 5.92 Å². The Hall–Kier alpha value is -1.22. The van der Waals surface area contributed by atoms with E-state index in [1.54, 1.807) is 0 Å². The van der Waals surface area contributed by atoms with Crippen LogP contribution in [0.25, 0.3) is 0 Å². The zero-order valence-electron chi connectivity index (χ0n) is 12.3. The van der Waals surface area contributed by atoms with Crippen molar-refractivity contribution in [3.8, 4) is 11.5 Å². The lowest BCUT2D eigenvalue weighted by Crippen LogP contribution is -2.10. The summed E-state index contributed by atoms with van der Waals surface area (Å²) in [5.74, 6) is 2.38. The van der Waals surface area contributed by atoms with E-state index in [9.17, 15) is 0 Å². The fourth-order valence-electron chi connectivity index (χ4n) is 2.53. The zero-order valence-corrected chi connectivity index (χ0v) is 12.3. The summed E-state index contributed by atoms with van der Waals surface area (Å²) in [5.41, 5.74) is 1.21. The van der Waals surface area contributed by atoms with Gasteiger partial charge in [-0.05, 0) is 56.9 Å². The molecule has 1 fully saturated rings. The van der Waals surface area contributed by atoms with Crippen molar-refractivity contribution in [2.75, 3.05) is 13.2 Å². The molecule has 0 saturated carbocycles. The quantitative estimate of drug-likeness (QED) is 0.707. The molecular formula is C16H24O3. The van der Waals surface area contributed by atoms with Gasteiger partial charge in [0, 0.05) is 0 Å². The van der Waals surface area contributed by atoms with E-state index in [2.05, 4.69) is 19.9 Å². The van der Waals surface area contributed by atoms with Crippen LogP contribution in [-0.4, -0.2) is 25.4 Å². The van der Waals surface area contributed by atoms with Crippen LogP contribution in [0.2, 0.25) is 0 Å². The van der Waals surface area contributed by atoms with Gasteiger partial charge in [0.05, 0.1) is 25.4 Å². The first-order valence-corrected chi connectivity index (χ1v) is 7.19. The normalized spacial score (nSPS) is 22.9. The van der Waals surface area contributed by atoms with E-state index in [-0.39, 0.29) is 0 Å². The summed E-state index contributed by atoms with van der Waals surface area (Å²) in [6.45, 7) is 9.74. The van der Waals surface area contributed by atoms with Crippen LogP contribution in [-0.2, 0) is 11.2 Å². The third kappa shape index (κ3) is 3.63. The standard InChI is InChI=1S/C16H24O3/c1-5-17-14-7-8-15(18-6-2)13(10-14)9-11(3)16-12(4)19-16/h7-8,10-12,16H,5-6,9H2,1-4H3. The molecule has 0 aliphatic carbocycles. The highest BCUT2D eigenvalue weighted by Gasteiger charge is 2.39. The highest BCUT2D eigenvalue weighted by Crippen LogP contribution is 2.34. The third-order valence-corrected chi connectivity index (χ3v) is 3.50. The summed E-state index contributed by atoms with van der Waals surface area (Å²) in [6, 6.07) is 6.07. The van der Waals surface area contributed by atoms with E-state index in [4.69, 9.17) is 14.2 Å². The molecule has 1 aromatic rings. The summed E-state index contributed by atoms with van der Waals surface area (Å²) < 4.78 is 16.8. The Balaban J connectivity index is 2.11. The van der Waals surface area contributed by atoms with Crippen LogP contribution in [0.4, 0.5) is 0 Å². The molecule has 1 aromatic carbocycles. The monoisotopic (exact) mass is 264 g/mol. The Kier molecular flexibility index (Phi) is 4.70. The third-order valence-electron chi connectivity index (χ3n) is 3.50. The number of rotatable bonds is 7. The molecule has 0 aromatic heterocycles. The number of hydrogen-bond donors (Lipinski definition) is 0. The van der Waals surface area contributed by atoms with Crippen molar-refractivity contribution in [3.63, 3.8) is 0 Å². The van der Waals surface area contributed by atoms with Gasteiger partial charge < -0.3 is 14.2 Å². The molecule has 0 spiro atoms. The van der Waals surface area contributed by atoms with Crippen LogP contribution >= 0.6 is 0 Å². The topological polar surface area (TPSA) is 31.0 Å². The van der Waals surface area contributed by atoms with Crippen molar-refractivity contribution < 1.29 is 14.2 Å². The van der Waals surface area contributed by atoms with Crippen LogP contribution in [0.3, 0.4) is 0 Å². The van der Waals surface area contributed by atoms with Gasteiger partial charge in [-0.15, -0.1) is 0 Å². The van der Waals surface area contributed by atoms with E-state index in [1.807, 2.05) is 26.0 Å². The maximum absolute atomic E-state index is 5.70. The molecule has 0 amide bonds. The zero-order chi connectivity index (χ0) is 13.8. The van der Waals surface area contributed by atoms with Gasteiger partial charge in [0.15, 0.2) is 0 Å². The fraction of sp³-hybridized carbons (Fsp3) is 0.625. The molecule has 106 valence electrons. The Morgan fingerprint density at radius 3 is 2.47 bits per heavy atom. The second-order valence-corrected chi connectivity index (χ2v) is 5.12. The fourth-order valence-corrected chi connectivity index (χ4v) is 2.53. The molecule has 0 radical (unpaired) electrons. The van der Waals surface area contributed by atoms with Crippen LogP contribution in [0, 0.1) is 5.92 Å². The van der Waals surface area contributed by atoms with Gasteiger partial charge in [0.25, 0.3) is 0 Å². The molecule has 1 saturated heterocycles. The summed E-state index contributed by atoms with van der Waals surface area (Å²) in [7, 11) is 0. The van der Waals surface area contributed by atoms with Gasteiger partial charge in [-0.2, -0.15) is 0 Å². The minimum absolute atomic E-state index is 0.394. The Morgan fingerprint density at radius 1 is 1.21 bits per heavy atom. The average molecular weight is 264 g/mol. The lowest BCUT2D eigenvalue weighted by atomic mass is 9.96. The highest BCUT2D eigenvalue weighted by atomic mass is 16.6. The Morgan fingerprint density at radius 2 is 1.89 bits per heavy atom. The number of ether oxygens (including phenoxy) is 3. The van der Waals surface area contributed by atoms with E-state index in [0.29, 0.717) is 31.3 Å². The molecule has 0 N–H and O–H groups in total. The smallest absolute Gasteiger partial charge is 0.122 e. The molecule has 1 aliphatic heterocycles. The maximum Gasteiger partial charge on any atom is 0.122 e. The molecule has 1 aliphatic rings. The number of benzene rings is 1. The summed E-state index contributed by atoms with van der Waals surface area (Å²) in [4.78, 5) is 0. The van der Waals surface area contributed by atoms with Gasteiger partial charge in [0.1, 0.15) is 11.5 Å². The molecule has 3 heteroatoms. The van der Waals surface area contributed by atoms with Gasteiger partial charge in [0.2, 0.25) is 0 Å². The summed E-state index contributed by atoms with van der Waals surface area (Å²) in [5, 5.41) is 0. The van der Waals surface area contributed by atoms with Crippen molar-refractivity contribution in [2.45, 2.75) is 46.3 Å². The van der Waals surface area contributed by atoms with Crippen molar-refractivity contribution >= 4 is 0 Å². The molecule has 0 bridgehead atoms. The van der Waals surface area contributed by atoms with Crippen LogP contribution in [0.1, 0.15) is 33.3 Å². The minimum atomic E-state index is 0.394. The molecule has 19 heavy (non-hydrogen) atoms. The van der Waals surface area contributed by atoms with Crippen molar-refractivity contribution in [1.29, 1.82) is 0 Å². The first kappa shape index (κ1) is 14.2. The van der Waals surface area contributed by atoms with Crippen LogP contribution in [0.15, 0.2) is 18.2 Å². The average Bonchev–Trinajstić information content (AvgIpc) is 3.10. The van der Waals surface area contributed by atoms with Gasteiger partial charge in [-0.25, -0.2) is 0 Å². The molecule has 3 unspecified atom stereocenters. The Bertz CT molecular complexity index is 416. The number of hydrogen-bond acceptors (Lipinski definition) is 3. The summed E-state index contributed by atoms with van der Waals surface area (Å²) >= 11 is 0. The maximum atomic E-state index is 5.70. The van der Waals surface area contributed by atoms with Gasteiger partial charge >= 0.3 is 0 Å². The lowest BCUT2D eigenvalue weighted by molar-refractivity contribution is 0.313. The van der Waals surface area contributed by atoms with E-state index < -0.39 is 0 Å². The van der Waals surface area contributed by atoms with Gasteiger partial charge in [-0.1, -0.05) is 6.92 Å². The molecular weight excluding hydrogens is 240 g/mol. The van der Waals surface area contributed by atoms with Crippen LogP contribution in [0.5, 0.6) is 11.5 Å². The molecule has 3 nitrogen and oxygen atoms in total. The van der Waals surface area contributed by atoms with Crippen LogP contribution < -0.4 is 9.47 Å². The first-order valence-electron chi connectivity index (χ1n) is 7.19. The second-order valence-electron chi connectivity index (χ2n) is 5.12. The van der Waals surface area contributed by atoms with E-state index in [1.165, 1.54) is 5.56 Å². The largest absolute Gasteiger partial charge is 0.494 e. The predicted molar refractivity (Wildman–Crippen MR) is 76.0 cm³/mol. The first-order chi connectivity index (χ1) is 9.15.